The van der Waals surface area contributed by atoms with Crippen molar-refractivity contribution in [1.29, 1.82) is 0 Å². The van der Waals surface area contributed by atoms with Gasteiger partial charge < -0.3 is 13.9 Å². The monoisotopic (exact) mass is 1080 g/mol. The Hall–Kier alpha value is -6.03. The zero-order valence-corrected chi connectivity index (χ0v) is 44.2. The van der Waals surface area contributed by atoms with E-state index in [0.29, 0.717) is 11.5 Å². The molecule has 3 aromatic heterocycles. The number of hydrogen-bond donors (Lipinski definition) is 0. The minimum Gasteiger partial charge on any atom is -0.510 e. The van der Waals surface area contributed by atoms with Crippen LogP contribution in [0.25, 0.3) is 39.0 Å². The van der Waals surface area contributed by atoms with E-state index in [9.17, 15) is 0 Å². The Morgan fingerprint density at radius 3 is 1.71 bits per heavy atom. The summed E-state index contributed by atoms with van der Waals surface area (Å²) >= 11 is 0. The average molecular weight is 1080 g/mol. The number of pyridine rings is 1. The average Bonchev–Trinajstić information content (AvgIpc) is 3.92. The van der Waals surface area contributed by atoms with Crippen molar-refractivity contribution in [2.75, 3.05) is 0 Å². The first-order chi connectivity index (χ1) is 31.6. The van der Waals surface area contributed by atoms with Crippen LogP contribution in [-0.4, -0.2) is 14.1 Å². The molecule has 0 amide bonds. The van der Waals surface area contributed by atoms with Crippen LogP contribution in [0.3, 0.4) is 0 Å². The quantitative estimate of drug-likeness (QED) is 0.107. The number of imidazole rings is 1. The van der Waals surface area contributed by atoms with Gasteiger partial charge in [0.05, 0.1) is 5.69 Å². The molecule has 0 aliphatic heterocycles. The molecule has 0 saturated carbocycles. The Bertz CT molecular complexity index is 3260. The van der Waals surface area contributed by atoms with Crippen molar-refractivity contribution in [2.24, 2.45) is 0 Å². The molecule has 9 aromatic rings. The van der Waals surface area contributed by atoms with Gasteiger partial charge in [0.25, 0.3) is 6.33 Å². The fourth-order valence-electron chi connectivity index (χ4n) is 9.07. The third-order valence-corrected chi connectivity index (χ3v) is 13.7. The van der Waals surface area contributed by atoms with Crippen LogP contribution in [0, 0.1) is 18.5 Å². The predicted molar refractivity (Wildman–Crippen MR) is 276 cm³/mol. The summed E-state index contributed by atoms with van der Waals surface area (Å²) < 4.78 is 13.3. The SMILES string of the molecule is CC(C)(C)c1cc(-[n+]2[c-]n(-c3[c-]c(Oc4[c-]c5c(cc4)c4cc(C(C)(C)C)ccc4n5-c4cc(C(C)(C)C)ccn4)cc(C(C)(C)c4ccccc4)c3)cc2)cc(C(C)(C)c2ccccc2)c1.[Pt]. The van der Waals surface area contributed by atoms with Gasteiger partial charge in [-0.3, -0.25) is 4.57 Å². The largest absolute Gasteiger partial charge is 0.510 e. The maximum absolute atomic E-state index is 6.92. The Morgan fingerprint density at radius 1 is 0.500 bits per heavy atom. The first-order valence-corrected chi connectivity index (χ1v) is 23.6. The van der Waals surface area contributed by atoms with Crippen LogP contribution >= 0.6 is 0 Å². The van der Waals surface area contributed by atoms with Crippen molar-refractivity contribution in [3.63, 3.8) is 0 Å². The summed E-state index contributed by atoms with van der Waals surface area (Å²) in [6.45, 7) is 29.5. The molecule has 6 heteroatoms. The summed E-state index contributed by atoms with van der Waals surface area (Å²) in [5.74, 6) is 2.04. The first-order valence-electron chi connectivity index (χ1n) is 23.6. The minimum absolute atomic E-state index is 0. The summed E-state index contributed by atoms with van der Waals surface area (Å²) in [6, 6.07) is 55.4. The molecule has 0 N–H and O–H groups in total. The van der Waals surface area contributed by atoms with Crippen molar-refractivity contribution >= 4 is 21.8 Å². The van der Waals surface area contributed by atoms with Crippen LogP contribution in [0.4, 0.5) is 0 Å². The van der Waals surface area contributed by atoms with E-state index in [1.54, 1.807) is 0 Å². The van der Waals surface area contributed by atoms with Crippen molar-refractivity contribution in [3.8, 4) is 28.7 Å². The normalized spacial score (nSPS) is 12.7. The summed E-state index contributed by atoms with van der Waals surface area (Å²) in [7, 11) is 0. The van der Waals surface area contributed by atoms with E-state index in [-0.39, 0.29) is 48.1 Å². The molecule has 0 saturated heterocycles. The topological polar surface area (TPSA) is 35.9 Å². The molecule has 0 aliphatic carbocycles. The van der Waals surface area contributed by atoms with Gasteiger partial charge in [0.15, 0.2) is 0 Å². The van der Waals surface area contributed by atoms with E-state index in [1.165, 1.54) is 33.4 Å². The summed E-state index contributed by atoms with van der Waals surface area (Å²) in [6.07, 6.45) is 9.73. The maximum atomic E-state index is 6.92. The number of nitrogens with zero attached hydrogens (tertiary/aromatic N) is 4. The molecule has 0 spiro atoms. The van der Waals surface area contributed by atoms with E-state index in [0.717, 1.165) is 44.6 Å². The van der Waals surface area contributed by atoms with Gasteiger partial charge in [-0.1, -0.05) is 174 Å². The Labute approximate surface area is 419 Å². The molecule has 0 aliphatic rings. The molecule has 0 bridgehead atoms. The van der Waals surface area contributed by atoms with Gasteiger partial charge in [0.1, 0.15) is 5.82 Å². The predicted octanol–water partition coefficient (Wildman–Crippen LogP) is 15.0. The number of rotatable bonds is 9. The van der Waals surface area contributed by atoms with Crippen molar-refractivity contribution in [2.45, 2.75) is 117 Å². The van der Waals surface area contributed by atoms with Gasteiger partial charge in [-0.25, -0.2) is 4.98 Å². The maximum Gasteiger partial charge on any atom is 0.267 e. The van der Waals surface area contributed by atoms with E-state index in [1.807, 2.05) is 16.8 Å². The summed E-state index contributed by atoms with van der Waals surface area (Å²) in [4.78, 5) is 4.95. The van der Waals surface area contributed by atoms with Gasteiger partial charge in [0.2, 0.25) is 0 Å². The zero-order valence-electron chi connectivity index (χ0n) is 41.9. The molecule has 0 radical (unpaired) electrons. The molecule has 5 nitrogen and oxygen atoms in total. The molecule has 68 heavy (non-hydrogen) atoms. The Morgan fingerprint density at radius 2 is 1.09 bits per heavy atom. The number of fused-ring (bicyclic) bond motifs is 3. The van der Waals surface area contributed by atoms with Crippen LogP contribution in [0.15, 0.2) is 152 Å². The molecule has 6 aromatic carbocycles. The second kappa shape index (κ2) is 17.8. The molecule has 0 fully saturated rings. The minimum atomic E-state index is -0.361. The van der Waals surface area contributed by atoms with Crippen molar-refractivity contribution < 1.29 is 30.4 Å². The number of ether oxygens (including phenoxy) is 1. The molecule has 3 heterocycles. The molecular weight excluding hydrogens is 1010 g/mol. The van der Waals surface area contributed by atoms with E-state index < -0.39 is 0 Å². The Kier molecular flexibility index (Phi) is 12.7. The van der Waals surface area contributed by atoms with Crippen molar-refractivity contribution in [3.05, 3.63) is 209 Å². The van der Waals surface area contributed by atoms with E-state index in [4.69, 9.17) is 9.72 Å². The summed E-state index contributed by atoms with van der Waals surface area (Å²) in [5, 5.41) is 2.26. The van der Waals surface area contributed by atoms with Gasteiger partial charge in [0, 0.05) is 62.1 Å². The molecular formula is C62H64N4OPt-2. The van der Waals surface area contributed by atoms with Gasteiger partial charge >= 0.3 is 0 Å². The molecule has 9 rings (SSSR count). The molecule has 0 atom stereocenters. The van der Waals surface area contributed by atoms with Crippen LogP contribution in [-0.2, 0) is 48.1 Å². The van der Waals surface area contributed by atoms with Crippen LogP contribution < -0.4 is 9.30 Å². The fraction of sp³-hybridized carbons (Fsp3) is 0.290. The molecule has 0 unspecified atom stereocenters. The van der Waals surface area contributed by atoms with Crippen molar-refractivity contribution in [1.82, 2.24) is 14.1 Å². The second-order valence-electron chi connectivity index (χ2n) is 22.4. The van der Waals surface area contributed by atoms with Gasteiger partial charge in [-0.2, -0.15) is 12.1 Å². The second-order valence-corrected chi connectivity index (χ2v) is 22.4. The van der Waals surface area contributed by atoms with Crippen LogP contribution in [0.1, 0.15) is 129 Å². The van der Waals surface area contributed by atoms with Crippen LogP contribution in [0.5, 0.6) is 11.5 Å². The zero-order chi connectivity index (χ0) is 47.7. The van der Waals surface area contributed by atoms with E-state index in [2.05, 4.69) is 257 Å². The molecule has 350 valence electrons. The summed E-state index contributed by atoms with van der Waals surface area (Å²) in [5.41, 5.74) is 11.7. The van der Waals surface area contributed by atoms with Gasteiger partial charge in [-0.15, -0.1) is 35.2 Å². The first kappa shape index (κ1) is 48.4. The van der Waals surface area contributed by atoms with Gasteiger partial charge in [-0.05, 0) is 96.4 Å². The number of hydrogen-bond acceptors (Lipinski definition) is 2. The van der Waals surface area contributed by atoms with Crippen LogP contribution in [0.2, 0.25) is 0 Å². The fourth-order valence-corrected chi connectivity index (χ4v) is 9.07. The smallest absolute Gasteiger partial charge is 0.267 e. The number of benzene rings is 6. The Balaban J connectivity index is 0.00000625. The standard InChI is InChI=1S/C62H64N4O.Pt/c1-58(2,3)44-24-27-55-54(37-44)53-26-25-51(40-56(53)66(55)57-38-45(28-29-63-57)59(4,5)6)67-52-36-48(62(12,13)43-22-18-15-19-23-43)35-50(39-52)65-31-30-64(41-65)49-33-46(60(7,8)9)32-47(34-49)61(10,11)42-20-16-14-17-21-42;/h14-38H,1-13H3;/q-2;. The third-order valence-electron chi connectivity index (χ3n) is 13.7. The third kappa shape index (κ3) is 9.40. The van der Waals surface area contributed by atoms with E-state index >= 15 is 0 Å². The number of aromatic nitrogens is 4.